The highest BCUT2D eigenvalue weighted by molar-refractivity contribution is 8.78. The van der Waals surface area contributed by atoms with Crippen molar-refractivity contribution in [2.45, 2.75) is 11.5 Å². The summed E-state index contributed by atoms with van der Waals surface area (Å²) in [5, 5.41) is 8.45. The molecule has 0 aliphatic carbocycles. The van der Waals surface area contributed by atoms with Crippen LogP contribution in [0.2, 0.25) is 0 Å². The van der Waals surface area contributed by atoms with Crippen LogP contribution in [0.3, 0.4) is 0 Å². The highest BCUT2D eigenvalue weighted by Gasteiger charge is 2.11. The first-order chi connectivity index (χ1) is 13.7. The number of rotatable bonds is 8. The van der Waals surface area contributed by atoms with Gasteiger partial charge >= 0.3 is 6.16 Å². The van der Waals surface area contributed by atoms with E-state index >= 15 is 0 Å². The zero-order valence-corrected chi connectivity index (χ0v) is 16.4. The fourth-order valence-electron chi connectivity index (χ4n) is 2.09. The minimum atomic E-state index is -0.860. The highest BCUT2D eigenvalue weighted by atomic mass is 33.1. The maximum absolute atomic E-state index is 11.9. The maximum Gasteiger partial charge on any atom is 0.535 e. The Morgan fingerprint density at radius 1 is 1.21 bits per heavy atom. The van der Waals surface area contributed by atoms with Crippen LogP contribution in [0.15, 0.2) is 82.2 Å². The molecule has 7 nitrogen and oxygen atoms in total. The van der Waals surface area contributed by atoms with Crippen molar-refractivity contribution in [2.24, 2.45) is 4.99 Å². The zero-order chi connectivity index (χ0) is 19.8. The molecule has 0 N–H and O–H groups in total. The van der Waals surface area contributed by atoms with Crippen molar-refractivity contribution in [3.05, 3.63) is 77.9 Å². The van der Waals surface area contributed by atoms with Gasteiger partial charge in [0.1, 0.15) is 22.7 Å². The lowest BCUT2D eigenvalue weighted by atomic mass is 10.2. The maximum atomic E-state index is 11.9. The summed E-state index contributed by atoms with van der Waals surface area (Å²) in [5.41, 5.74) is 2.04. The van der Waals surface area contributed by atoms with Gasteiger partial charge in [-0.05, 0) is 58.6 Å². The lowest BCUT2D eigenvalue weighted by molar-refractivity contribution is 0.0347. The minimum absolute atomic E-state index is 0.0827. The molecule has 2 aromatic carbocycles. The van der Waals surface area contributed by atoms with Crippen LogP contribution < -0.4 is 4.84 Å². The van der Waals surface area contributed by atoms with Crippen molar-refractivity contribution in [2.75, 3.05) is 0 Å². The lowest BCUT2D eigenvalue weighted by Crippen LogP contribution is -2.21. The molecule has 1 heterocycles. The number of aromatic nitrogens is 3. The number of nitrogens with zero attached hydrogens (tertiary/aromatic N) is 4. The molecule has 0 unspecified atom stereocenters. The lowest BCUT2D eigenvalue weighted by Gasteiger charge is -2.06. The normalized spacial score (nSPS) is 11.2. The monoisotopic (exact) mass is 412 g/mol. The van der Waals surface area contributed by atoms with Crippen LogP contribution in [-0.4, -0.2) is 28.0 Å². The highest BCUT2D eigenvalue weighted by Crippen LogP contribution is 2.37. The van der Waals surface area contributed by atoms with Crippen LogP contribution in [0.4, 0.5) is 4.79 Å². The molecule has 0 saturated heterocycles. The van der Waals surface area contributed by atoms with Gasteiger partial charge in [-0.1, -0.05) is 52.6 Å². The summed E-state index contributed by atoms with van der Waals surface area (Å²) < 4.78 is 5.13. The van der Waals surface area contributed by atoms with Crippen LogP contribution >= 0.6 is 21.6 Å². The van der Waals surface area contributed by atoms with Crippen LogP contribution in [0, 0.1) is 0 Å². The van der Waals surface area contributed by atoms with E-state index in [0.29, 0.717) is 11.0 Å². The third kappa shape index (κ3) is 5.24. The van der Waals surface area contributed by atoms with Gasteiger partial charge in [0.2, 0.25) is 0 Å². The predicted octanol–water partition coefficient (Wildman–Crippen LogP) is 4.67. The number of hydrogen-bond donors (Lipinski definition) is 0. The first kappa shape index (κ1) is 19.7. The molecule has 3 aromatic rings. The molecule has 0 fully saturated rings. The van der Waals surface area contributed by atoms with E-state index in [2.05, 4.69) is 28.6 Å². The predicted molar refractivity (Wildman–Crippen MR) is 112 cm³/mol. The van der Waals surface area contributed by atoms with Crippen molar-refractivity contribution >= 4 is 45.5 Å². The minimum Gasteiger partial charge on any atom is -0.428 e. The van der Waals surface area contributed by atoms with Crippen LogP contribution in [-0.2, 0) is 11.3 Å². The second-order valence-electron chi connectivity index (χ2n) is 5.29. The van der Waals surface area contributed by atoms with Crippen LogP contribution in [0.5, 0.6) is 0 Å². The number of para-hydroxylation sites is 1. The standard InChI is InChI=1S/C19H16N4O3S2/c1-3-6-18(20-2)28-27-15-11-9-14(10-12-15)13-25-19(24)26-23-17-8-5-4-7-16(17)21-22-23/h3-12H,1-2,13H2/b18-6+. The van der Waals surface area contributed by atoms with Crippen molar-refractivity contribution in [1.29, 1.82) is 0 Å². The molecule has 0 saturated carbocycles. The molecule has 142 valence electrons. The third-order valence-electron chi connectivity index (χ3n) is 3.40. The number of hydrogen-bond acceptors (Lipinski definition) is 8. The number of fused-ring (bicyclic) bond motifs is 1. The molecule has 0 atom stereocenters. The summed E-state index contributed by atoms with van der Waals surface area (Å²) in [4.78, 5) is 22.9. The topological polar surface area (TPSA) is 78.6 Å². The van der Waals surface area contributed by atoms with Crippen molar-refractivity contribution < 1.29 is 14.4 Å². The van der Waals surface area contributed by atoms with Gasteiger partial charge in [-0.15, -0.1) is 5.10 Å². The second kappa shape index (κ2) is 9.77. The summed E-state index contributed by atoms with van der Waals surface area (Å²) in [6.45, 7) is 7.24. The molecular formula is C19H16N4O3S2. The largest absolute Gasteiger partial charge is 0.535 e. The van der Waals surface area contributed by atoms with E-state index < -0.39 is 6.16 Å². The van der Waals surface area contributed by atoms with Gasteiger partial charge in [-0.2, -0.15) is 0 Å². The molecule has 1 aromatic heterocycles. The quantitative estimate of drug-likeness (QED) is 0.175. The van der Waals surface area contributed by atoms with Crippen LogP contribution in [0.1, 0.15) is 5.56 Å². The Hall–Kier alpha value is -3.04. The molecule has 0 spiro atoms. The molecule has 28 heavy (non-hydrogen) atoms. The first-order valence-electron chi connectivity index (χ1n) is 8.08. The summed E-state index contributed by atoms with van der Waals surface area (Å²) in [6.07, 6.45) is 2.59. The Bertz CT molecular complexity index is 1020. The van der Waals surface area contributed by atoms with E-state index in [-0.39, 0.29) is 6.61 Å². The third-order valence-corrected chi connectivity index (χ3v) is 5.73. The van der Waals surface area contributed by atoms with Gasteiger partial charge in [0.25, 0.3) is 0 Å². The molecular weight excluding hydrogens is 396 g/mol. The fourth-order valence-corrected chi connectivity index (χ4v) is 3.93. The summed E-state index contributed by atoms with van der Waals surface area (Å²) in [5.74, 6) is 0. The average molecular weight is 412 g/mol. The smallest absolute Gasteiger partial charge is 0.428 e. The number of carbonyl (C=O) groups is 1. The van der Waals surface area contributed by atoms with Gasteiger partial charge in [0, 0.05) is 4.90 Å². The number of carbonyl (C=O) groups excluding carboxylic acids is 1. The van der Waals surface area contributed by atoms with Crippen molar-refractivity contribution in [1.82, 2.24) is 15.2 Å². The summed E-state index contributed by atoms with van der Waals surface area (Å²) >= 11 is 0. The molecule has 0 aliphatic rings. The van der Waals surface area contributed by atoms with E-state index in [1.807, 2.05) is 30.3 Å². The van der Waals surface area contributed by atoms with Gasteiger partial charge in [-0.3, -0.25) is 9.83 Å². The van der Waals surface area contributed by atoms with Gasteiger partial charge in [-0.25, -0.2) is 4.79 Å². The number of allylic oxidation sites excluding steroid dienone is 2. The zero-order valence-electron chi connectivity index (χ0n) is 14.7. The summed E-state index contributed by atoms with van der Waals surface area (Å²) in [6, 6.07) is 14.8. The van der Waals surface area contributed by atoms with E-state index in [9.17, 15) is 4.79 Å². The summed E-state index contributed by atoms with van der Waals surface area (Å²) in [7, 11) is 3.03. The molecule has 0 aliphatic heterocycles. The Balaban J connectivity index is 1.50. The van der Waals surface area contributed by atoms with Gasteiger partial charge < -0.3 is 4.74 Å². The molecule has 9 heteroatoms. The fraction of sp³-hybridized carbons (Fsp3) is 0.0526. The Morgan fingerprint density at radius 3 is 2.75 bits per heavy atom. The van der Waals surface area contributed by atoms with E-state index in [4.69, 9.17) is 9.57 Å². The molecule has 0 radical (unpaired) electrons. The van der Waals surface area contributed by atoms with E-state index in [0.717, 1.165) is 20.3 Å². The SMILES string of the molecule is C=C/C=C(\N=C)SSc1ccc(COC(=O)On2nnc3ccccc32)cc1. The number of ether oxygens (including phenoxy) is 1. The van der Waals surface area contributed by atoms with Crippen molar-refractivity contribution in [3.8, 4) is 0 Å². The molecule has 0 bridgehead atoms. The first-order valence-corrected chi connectivity index (χ1v) is 10.2. The number of aliphatic imine (C=N–C) groups is 1. The van der Waals surface area contributed by atoms with Gasteiger partial charge in [0.05, 0.1) is 0 Å². The van der Waals surface area contributed by atoms with E-state index in [1.54, 1.807) is 41.1 Å². The van der Waals surface area contributed by atoms with Crippen LogP contribution in [0.25, 0.3) is 11.0 Å². The molecule has 3 rings (SSSR count). The number of benzene rings is 2. The van der Waals surface area contributed by atoms with Crippen molar-refractivity contribution in [3.63, 3.8) is 0 Å². The Labute approximate surface area is 169 Å². The second-order valence-corrected chi connectivity index (χ2v) is 7.51. The Kier molecular flexibility index (Phi) is 6.88. The van der Waals surface area contributed by atoms with Gasteiger partial charge in [0.15, 0.2) is 0 Å². The molecule has 0 amide bonds. The van der Waals surface area contributed by atoms with E-state index in [1.165, 1.54) is 10.8 Å². The average Bonchev–Trinajstić information content (AvgIpc) is 3.13. The Morgan fingerprint density at radius 2 is 2.00 bits per heavy atom.